The Labute approximate surface area is 122 Å². The second-order valence-corrected chi connectivity index (χ2v) is 6.31. The summed E-state index contributed by atoms with van der Waals surface area (Å²) in [4.78, 5) is 0. The predicted molar refractivity (Wildman–Crippen MR) is 78.6 cm³/mol. The lowest BCUT2D eigenvalue weighted by atomic mass is 9.90. The Morgan fingerprint density at radius 1 is 1.53 bits per heavy atom. The lowest BCUT2D eigenvalue weighted by Crippen LogP contribution is -2.44. The Hall–Kier alpha value is -0.450. The number of nitrogens with one attached hydrogen (secondary N) is 1. The van der Waals surface area contributed by atoms with Crippen LogP contribution in [-0.4, -0.2) is 18.2 Å². The van der Waals surface area contributed by atoms with Crippen molar-refractivity contribution in [2.24, 2.45) is 0 Å². The summed E-state index contributed by atoms with van der Waals surface area (Å²) in [7, 11) is 0. The van der Waals surface area contributed by atoms with Gasteiger partial charge in [0.25, 0.3) is 0 Å². The molecule has 1 N–H and O–H groups in total. The van der Waals surface area contributed by atoms with Gasteiger partial charge in [0.2, 0.25) is 0 Å². The van der Waals surface area contributed by atoms with Gasteiger partial charge in [-0.15, -0.1) is 0 Å². The third-order valence-corrected chi connectivity index (χ3v) is 4.71. The van der Waals surface area contributed by atoms with Gasteiger partial charge in [-0.05, 0) is 49.9 Å². The average molecular weight is 330 g/mol. The van der Waals surface area contributed by atoms with Gasteiger partial charge < -0.3 is 10.1 Å². The molecular weight excluding hydrogens is 309 g/mol. The van der Waals surface area contributed by atoms with Crippen molar-refractivity contribution in [3.05, 3.63) is 34.1 Å². The zero-order valence-electron chi connectivity index (χ0n) is 11.5. The number of halogens is 2. The van der Waals surface area contributed by atoms with E-state index in [0.29, 0.717) is 12.6 Å². The van der Waals surface area contributed by atoms with Gasteiger partial charge in [-0.2, -0.15) is 0 Å². The molecule has 1 saturated heterocycles. The predicted octanol–water partition coefficient (Wildman–Crippen LogP) is 4.03. The molecule has 0 bridgehead atoms. The molecule has 0 saturated carbocycles. The molecule has 1 aliphatic rings. The van der Waals surface area contributed by atoms with E-state index in [1.165, 1.54) is 6.07 Å². The van der Waals surface area contributed by atoms with Gasteiger partial charge in [0.15, 0.2) is 0 Å². The molecule has 0 aromatic heterocycles. The first-order chi connectivity index (χ1) is 9.02. The molecule has 2 nitrogen and oxygen atoms in total. The van der Waals surface area contributed by atoms with Crippen LogP contribution in [0.15, 0.2) is 22.7 Å². The number of rotatable bonds is 4. The van der Waals surface area contributed by atoms with Crippen LogP contribution in [-0.2, 0) is 11.3 Å². The van der Waals surface area contributed by atoms with Gasteiger partial charge in [-0.25, -0.2) is 4.39 Å². The SMILES string of the molecule is CCC1(C)CC(NCc2cc(F)ccc2Br)CCO1. The summed E-state index contributed by atoms with van der Waals surface area (Å²) in [6.45, 7) is 5.81. The Balaban J connectivity index is 1.93. The third kappa shape index (κ3) is 4.01. The summed E-state index contributed by atoms with van der Waals surface area (Å²) in [5, 5.41) is 3.52. The minimum atomic E-state index is -0.189. The summed E-state index contributed by atoms with van der Waals surface area (Å²) >= 11 is 3.46. The minimum Gasteiger partial charge on any atom is -0.375 e. The summed E-state index contributed by atoms with van der Waals surface area (Å²) in [5.41, 5.74) is 0.944. The van der Waals surface area contributed by atoms with Gasteiger partial charge in [0, 0.05) is 23.7 Å². The smallest absolute Gasteiger partial charge is 0.123 e. The Bertz CT molecular complexity index is 440. The van der Waals surface area contributed by atoms with Gasteiger partial charge in [-0.3, -0.25) is 0 Å². The molecule has 2 rings (SSSR count). The largest absolute Gasteiger partial charge is 0.375 e. The van der Waals surface area contributed by atoms with Crippen molar-refractivity contribution in [2.75, 3.05) is 6.61 Å². The zero-order valence-corrected chi connectivity index (χ0v) is 13.1. The average Bonchev–Trinajstić information content (AvgIpc) is 2.40. The molecule has 0 amide bonds. The highest BCUT2D eigenvalue weighted by atomic mass is 79.9. The van der Waals surface area contributed by atoms with Crippen LogP contribution in [0.2, 0.25) is 0 Å². The second-order valence-electron chi connectivity index (χ2n) is 5.46. The standard InChI is InChI=1S/C15H21BrFNO/c1-3-15(2)9-13(6-7-19-15)18-10-11-8-12(17)4-5-14(11)16/h4-5,8,13,18H,3,6-7,9-10H2,1-2H3. The molecule has 0 radical (unpaired) electrons. The van der Waals surface area contributed by atoms with Gasteiger partial charge in [-0.1, -0.05) is 22.9 Å². The number of benzene rings is 1. The molecule has 0 spiro atoms. The molecule has 1 heterocycles. The van der Waals surface area contributed by atoms with Crippen molar-refractivity contribution in [1.82, 2.24) is 5.32 Å². The highest BCUT2D eigenvalue weighted by molar-refractivity contribution is 9.10. The lowest BCUT2D eigenvalue weighted by molar-refractivity contribution is -0.0781. The highest BCUT2D eigenvalue weighted by Gasteiger charge is 2.31. The Morgan fingerprint density at radius 2 is 2.32 bits per heavy atom. The van der Waals surface area contributed by atoms with E-state index in [-0.39, 0.29) is 11.4 Å². The van der Waals surface area contributed by atoms with Crippen LogP contribution in [0.4, 0.5) is 4.39 Å². The molecule has 1 aromatic rings. The van der Waals surface area contributed by atoms with Crippen molar-refractivity contribution in [1.29, 1.82) is 0 Å². The fraction of sp³-hybridized carbons (Fsp3) is 0.600. The normalized spacial score (nSPS) is 27.5. The fourth-order valence-electron chi connectivity index (χ4n) is 2.48. The quantitative estimate of drug-likeness (QED) is 0.900. The first-order valence-electron chi connectivity index (χ1n) is 6.84. The highest BCUT2D eigenvalue weighted by Crippen LogP contribution is 2.28. The first-order valence-corrected chi connectivity index (χ1v) is 7.63. The van der Waals surface area contributed by atoms with Crippen LogP contribution in [0.5, 0.6) is 0 Å². The summed E-state index contributed by atoms with van der Waals surface area (Å²) in [6.07, 6.45) is 3.05. The maximum Gasteiger partial charge on any atom is 0.123 e. The van der Waals surface area contributed by atoms with Gasteiger partial charge in [0.05, 0.1) is 5.60 Å². The van der Waals surface area contributed by atoms with E-state index >= 15 is 0 Å². The molecule has 19 heavy (non-hydrogen) atoms. The number of hydrogen-bond donors (Lipinski definition) is 1. The van der Waals surface area contributed by atoms with Crippen LogP contribution >= 0.6 is 15.9 Å². The molecule has 1 fully saturated rings. The molecule has 0 aliphatic carbocycles. The maximum absolute atomic E-state index is 13.2. The molecule has 4 heteroatoms. The van der Waals surface area contributed by atoms with Crippen molar-refractivity contribution >= 4 is 15.9 Å². The van der Waals surface area contributed by atoms with Crippen LogP contribution in [0.25, 0.3) is 0 Å². The molecular formula is C15H21BrFNO. The lowest BCUT2D eigenvalue weighted by Gasteiger charge is -2.38. The van der Waals surface area contributed by atoms with Crippen molar-refractivity contribution in [2.45, 2.75) is 51.3 Å². The summed E-state index contributed by atoms with van der Waals surface area (Å²) in [6, 6.07) is 5.24. The van der Waals surface area contributed by atoms with Crippen molar-refractivity contribution in [3.63, 3.8) is 0 Å². The van der Waals surface area contributed by atoms with E-state index in [0.717, 1.165) is 35.9 Å². The van der Waals surface area contributed by atoms with E-state index in [9.17, 15) is 4.39 Å². The van der Waals surface area contributed by atoms with Crippen LogP contribution in [0.1, 0.15) is 38.7 Å². The molecule has 2 atom stereocenters. The van der Waals surface area contributed by atoms with E-state index in [2.05, 4.69) is 35.1 Å². The topological polar surface area (TPSA) is 21.3 Å². The second kappa shape index (κ2) is 6.33. The van der Waals surface area contributed by atoms with E-state index in [4.69, 9.17) is 4.74 Å². The minimum absolute atomic E-state index is 0.0188. The van der Waals surface area contributed by atoms with Crippen LogP contribution in [0, 0.1) is 5.82 Å². The zero-order chi connectivity index (χ0) is 13.9. The van der Waals surface area contributed by atoms with Gasteiger partial charge in [0.1, 0.15) is 5.82 Å². The first kappa shape index (κ1) is 14.9. The maximum atomic E-state index is 13.2. The molecule has 1 aromatic carbocycles. The number of hydrogen-bond acceptors (Lipinski definition) is 2. The van der Waals surface area contributed by atoms with E-state index < -0.39 is 0 Å². The van der Waals surface area contributed by atoms with Crippen molar-refractivity contribution < 1.29 is 9.13 Å². The van der Waals surface area contributed by atoms with Crippen LogP contribution in [0.3, 0.4) is 0 Å². The van der Waals surface area contributed by atoms with Crippen LogP contribution < -0.4 is 5.32 Å². The molecule has 106 valence electrons. The monoisotopic (exact) mass is 329 g/mol. The van der Waals surface area contributed by atoms with E-state index in [1.807, 2.05) is 0 Å². The van der Waals surface area contributed by atoms with Gasteiger partial charge >= 0.3 is 0 Å². The number of ether oxygens (including phenoxy) is 1. The van der Waals surface area contributed by atoms with Crippen molar-refractivity contribution in [3.8, 4) is 0 Å². The summed E-state index contributed by atoms with van der Waals surface area (Å²) in [5.74, 6) is -0.189. The van der Waals surface area contributed by atoms with E-state index in [1.54, 1.807) is 12.1 Å². The summed E-state index contributed by atoms with van der Waals surface area (Å²) < 4.78 is 20.0. The molecule has 1 aliphatic heterocycles. The third-order valence-electron chi connectivity index (χ3n) is 3.93. The fourth-order valence-corrected chi connectivity index (χ4v) is 2.87. The Kier molecular flexibility index (Phi) is 4.98. The Morgan fingerprint density at radius 3 is 3.05 bits per heavy atom. The molecule has 2 unspecified atom stereocenters.